The maximum atomic E-state index is 13.6. The number of hydrogen-bond donors (Lipinski definition) is 1. The lowest BCUT2D eigenvalue weighted by atomic mass is 9.91. The first-order valence-electron chi connectivity index (χ1n) is 6.43. The van der Waals surface area contributed by atoms with E-state index in [0.717, 1.165) is 25.1 Å². The molecule has 0 bridgehead atoms. The van der Waals surface area contributed by atoms with Gasteiger partial charge in [-0.1, -0.05) is 6.07 Å². The van der Waals surface area contributed by atoms with E-state index >= 15 is 0 Å². The highest BCUT2D eigenvalue weighted by molar-refractivity contribution is 5.33. The van der Waals surface area contributed by atoms with Crippen LogP contribution in [0.1, 0.15) is 24.3 Å². The van der Waals surface area contributed by atoms with Gasteiger partial charge in [0.05, 0.1) is 6.61 Å². The first-order chi connectivity index (χ1) is 8.81. The molecule has 1 aliphatic rings. The second-order valence-electron chi connectivity index (χ2n) is 4.57. The van der Waals surface area contributed by atoms with E-state index < -0.39 is 0 Å². The standard InChI is InChI=1S/C14H20FNO2/c1-17-7-8-18-14-9-11(4-5-13(14)15)12-3-2-6-16-10-12/h4-5,9,12,16H,2-3,6-8,10H2,1H3. The monoisotopic (exact) mass is 253 g/mol. The second-order valence-corrected chi connectivity index (χ2v) is 4.57. The van der Waals surface area contributed by atoms with Crippen molar-refractivity contribution in [3.8, 4) is 5.75 Å². The quantitative estimate of drug-likeness (QED) is 0.817. The van der Waals surface area contributed by atoms with Gasteiger partial charge in [0.15, 0.2) is 11.6 Å². The molecule has 0 saturated carbocycles. The summed E-state index contributed by atoms with van der Waals surface area (Å²) in [5, 5.41) is 3.37. The fraction of sp³-hybridized carbons (Fsp3) is 0.571. The van der Waals surface area contributed by atoms with Gasteiger partial charge in [-0.2, -0.15) is 0 Å². The lowest BCUT2D eigenvalue weighted by Crippen LogP contribution is -2.28. The molecule has 1 fully saturated rings. The van der Waals surface area contributed by atoms with E-state index in [1.807, 2.05) is 12.1 Å². The summed E-state index contributed by atoms with van der Waals surface area (Å²) in [4.78, 5) is 0. The maximum absolute atomic E-state index is 13.6. The average molecular weight is 253 g/mol. The van der Waals surface area contributed by atoms with Crippen LogP contribution < -0.4 is 10.1 Å². The molecule has 1 N–H and O–H groups in total. The molecule has 1 aromatic rings. The van der Waals surface area contributed by atoms with Crippen molar-refractivity contribution in [2.24, 2.45) is 0 Å². The highest BCUT2D eigenvalue weighted by Gasteiger charge is 2.16. The highest BCUT2D eigenvalue weighted by Crippen LogP contribution is 2.28. The molecule has 0 radical (unpaired) electrons. The van der Waals surface area contributed by atoms with Crippen LogP contribution in [0.25, 0.3) is 0 Å². The molecule has 3 nitrogen and oxygen atoms in total. The largest absolute Gasteiger partial charge is 0.488 e. The van der Waals surface area contributed by atoms with Crippen LogP contribution in [0.5, 0.6) is 5.75 Å². The third kappa shape index (κ3) is 3.43. The number of nitrogens with one attached hydrogen (secondary N) is 1. The summed E-state index contributed by atoms with van der Waals surface area (Å²) >= 11 is 0. The van der Waals surface area contributed by atoms with Crippen molar-refractivity contribution >= 4 is 0 Å². The van der Waals surface area contributed by atoms with Crippen LogP contribution in [0.15, 0.2) is 18.2 Å². The molecule has 2 rings (SSSR count). The third-order valence-electron chi connectivity index (χ3n) is 3.27. The Hall–Kier alpha value is -1.13. The van der Waals surface area contributed by atoms with Gasteiger partial charge in [-0.25, -0.2) is 4.39 Å². The molecule has 1 saturated heterocycles. The van der Waals surface area contributed by atoms with Crippen molar-refractivity contribution in [2.45, 2.75) is 18.8 Å². The van der Waals surface area contributed by atoms with Crippen LogP contribution >= 0.6 is 0 Å². The predicted molar refractivity (Wildman–Crippen MR) is 68.6 cm³/mol. The molecular weight excluding hydrogens is 233 g/mol. The van der Waals surface area contributed by atoms with Gasteiger partial charge < -0.3 is 14.8 Å². The Labute approximate surface area is 107 Å². The number of methoxy groups -OCH3 is 1. The third-order valence-corrected chi connectivity index (χ3v) is 3.27. The van der Waals surface area contributed by atoms with E-state index in [2.05, 4.69) is 5.32 Å². The van der Waals surface area contributed by atoms with E-state index in [1.54, 1.807) is 7.11 Å². The van der Waals surface area contributed by atoms with Gasteiger partial charge in [-0.3, -0.25) is 0 Å². The van der Waals surface area contributed by atoms with Gasteiger partial charge >= 0.3 is 0 Å². The Kier molecular flexibility index (Phi) is 4.96. The first kappa shape index (κ1) is 13.3. The smallest absolute Gasteiger partial charge is 0.165 e. The Morgan fingerprint density at radius 2 is 2.28 bits per heavy atom. The van der Waals surface area contributed by atoms with Crippen LogP contribution in [0.3, 0.4) is 0 Å². The van der Waals surface area contributed by atoms with Crippen molar-refractivity contribution in [3.05, 3.63) is 29.6 Å². The second kappa shape index (κ2) is 6.71. The molecule has 18 heavy (non-hydrogen) atoms. The molecule has 4 heteroatoms. The predicted octanol–water partition coefficient (Wildman–Crippen LogP) is 2.32. The summed E-state index contributed by atoms with van der Waals surface area (Å²) < 4.78 is 23.9. The van der Waals surface area contributed by atoms with E-state index in [-0.39, 0.29) is 5.82 Å². The molecule has 0 spiro atoms. The highest BCUT2D eigenvalue weighted by atomic mass is 19.1. The summed E-state index contributed by atoms with van der Waals surface area (Å²) in [7, 11) is 1.60. The minimum Gasteiger partial charge on any atom is -0.488 e. The normalized spacial score (nSPS) is 19.8. The maximum Gasteiger partial charge on any atom is 0.165 e. The number of rotatable bonds is 5. The minimum atomic E-state index is -0.307. The van der Waals surface area contributed by atoms with Crippen molar-refractivity contribution in [2.75, 3.05) is 33.4 Å². The molecular formula is C14H20FNO2. The molecule has 0 aliphatic carbocycles. The zero-order chi connectivity index (χ0) is 12.8. The fourth-order valence-electron chi connectivity index (χ4n) is 2.26. The van der Waals surface area contributed by atoms with E-state index in [1.165, 1.54) is 12.5 Å². The molecule has 1 atom stereocenters. The van der Waals surface area contributed by atoms with Crippen LogP contribution in [-0.4, -0.2) is 33.4 Å². The van der Waals surface area contributed by atoms with E-state index in [9.17, 15) is 4.39 Å². The van der Waals surface area contributed by atoms with Gasteiger partial charge in [0.25, 0.3) is 0 Å². The molecule has 1 heterocycles. The summed E-state index contributed by atoms with van der Waals surface area (Å²) in [5.74, 6) is 0.484. The van der Waals surface area contributed by atoms with Gasteiger partial charge in [-0.05, 0) is 43.0 Å². The lowest BCUT2D eigenvalue weighted by Gasteiger charge is -2.23. The SMILES string of the molecule is COCCOc1cc(C2CCCNC2)ccc1F. The van der Waals surface area contributed by atoms with Crippen molar-refractivity contribution < 1.29 is 13.9 Å². The molecule has 1 aromatic carbocycles. The van der Waals surface area contributed by atoms with Crippen LogP contribution in [0.4, 0.5) is 4.39 Å². The zero-order valence-electron chi connectivity index (χ0n) is 10.7. The number of piperidine rings is 1. The van der Waals surface area contributed by atoms with Gasteiger partial charge in [-0.15, -0.1) is 0 Å². The fourth-order valence-corrected chi connectivity index (χ4v) is 2.26. The van der Waals surface area contributed by atoms with Gasteiger partial charge in [0.2, 0.25) is 0 Å². The Bertz CT molecular complexity index is 378. The number of halogens is 1. The van der Waals surface area contributed by atoms with Crippen molar-refractivity contribution in [1.82, 2.24) is 5.32 Å². The van der Waals surface area contributed by atoms with E-state index in [4.69, 9.17) is 9.47 Å². The number of hydrogen-bond acceptors (Lipinski definition) is 3. The molecule has 1 unspecified atom stereocenters. The Morgan fingerprint density at radius 1 is 1.39 bits per heavy atom. The van der Waals surface area contributed by atoms with Crippen molar-refractivity contribution in [3.63, 3.8) is 0 Å². The van der Waals surface area contributed by atoms with Crippen molar-refractivity contribution in [1.29, 1.82) is 0 Å². The van der Waals surface area contributed by atoms with Crippen LogP contribution in [0, 0.1) is 5.82 Å². The van der Waals surface area contributed by atoms with Gasteiger partial charge in [0.1, 0.15) is 6.61 Å². The molecule has 1 aliphatic heterocycles. The summed E-state index contributed by atoms with van der Waals surface area (Å²) in [6.07, 6.45) is 2.32. The minimum absolute atomic E-state index is 0.307. The average Bonchev–Trinajstić information content (AvgIpc) is 2.42. The Morgan fingerprint density at radius 3 is 3.00 bits per heavy atom. The summed E-state index contributed by atoms with van der Waals surface area (Å²) in [6, 6.07) is 5.17. The van der Waals surface area contributed by atoms with E-state index in [0.29, 0.717) is 24.9 Å². The lowest BCUT2D eigenvalue weighted by molar-refractivity contribution is 0.143. The number of benzene rings is 1. The molecule has 0 amide bonds. The molecule has 0 aromatic heterocycles. The first-order valence-corrected chi connectivity index (χ1v) is 6.43. The van der Waals surface area contributed by atoms with Crippen LogP contribution in [0.2, 0.25) is 0 Å². The molecule has 100 valence electrons. The zero-order valence-corrected chi connectivity index (χ0v) is 10.7. The van der Waals surface area contributed by atoms with Gasteiger partial charge in [0, 0.05) is 13.7 Å². The van der Waals surface area contributed by atoms with Crippen LogP contribution in [-0.2, 0) is 4.74 Å². The number of ether oxygens (including phenoxy) is 2. The topological polar surface area (TPSA) is 30.5 Å². The summed E-state index contributed by atoms with van der Waals surface area (Å²) in [5.41, 5.74) is 1.15. The summed E-state index contributed by atoms with van der Waals surface area (Å²) in [6.45, 7) is 2.88. The Balaban J connectivity index is 2.04.